The number of aliphatic hydroxyl groups is 4. The summed E-state index contributed by atoms with van der Waals surface area (Å²) in [7, 11) is 0. The van der Waals surface area contributed by atoms with Gasteiger partial charge in [0.2, 0.25) is 0 Å². The first-order valence-electron chi connectivity index (χ1n) is 11.3. The molecule has 0 aromatic heterocycles. The summed E-state index contributed by atoms with van der Waals surface area (Å²) in [6, 6.07) is -0.314. The molecule has 7 saturated heterocycles. The molecule has 7 aliphatic rings. The van der Waals surface area contributed by atoms with Crippen molar-refractivity contribution in [2.45, 2.75) is 90.9 Å². The molecule has 7 fully saturated rings. The molecule has 0 radical (unpaired) electrons. The second kappa shape index (κ2) is 6.59. The van der Waals surface area contributed by atoms with E-state index in [0.717, 1.165) is 0 Å². The van der Waals surface area contributed by atoms with E-state index < -0.39 is 78.0 Å². The van der Waals surface area contributed by atoms with Gasteiger partial charge in [-0.1, -0.05) is 0 Å². The van der Waals surface area contributed by atoms with Crippen LogP contribution in [0.3, 0.4) is 0 Å². The molecule has 14 atom stereocenters. The first-order chi connectivity index (χ1) is 15.3. The minimum absolute atomic E-state index is 0.0430. The standard InChI is InChI=1S/C20H29NO11/c1-7-19(6-30-12-9(23)3-27-15(12)19)32-20(21-7)16-13(10(24)4-28-16)31-17(20)18(25)5-29-11-8(22)2-26-14(11)18/h7-17,21-25H,2-6H2,1H3/t7-,8-,9-,10-,11-,12-,13-,14+,15+,16+,17-,18-,19+,20-/m1/s1. The summed E-state index contributed by atoms with van der Waals surface area (Å²) >= 11 is 0. The lowest BCUT2D eigenvalue weighted by Gasteiger charge is -2.42. The van der Waals surface area contributed by atoms with E-state index >= 15 is 0 Å². The van der Waals surface area contributed by atoms with Gasteiger partial charge >= 0.3 is 0 Å². The summed E-state index contributed by atoms with van der Waals surface area (Å²) < 4.78 is 42.2. The van der Waals surface area contributed by atoms with E-state index in [-0.39, 0.29) is 39.1 Å². The van der Waals surface area contributed by atoms with Gasteiger partial charge in [-0.25, -0.2) is 0 Å². The Morgan fingerprint density at radius 2 is 1.34 bits per heavy atom. The van der Waals surface area contributed by atoms with Crippen LogP contribution in [0.1, 0.15) is 6.92 Å². The Kier molecular flexibility index (Phi) is 4.30. The van der Waals surface area contributed by atoms with Gasteiger partial charge in [-0.05, 0) is 6.92 Å². The van der Waals surface area contributed by atoms with Crippen LogP contribution in [-0.2, 0) is 33.2 Å². The lowest BCUT2D eigenvalue weighted by Crippen LogP contribution is -2.68. The van der Waals surface area contributed by atoms with Crippen molar-refractivity contribution in [3.63, 3.8) is 0 Å². The minimum atomic E-state index is -1.66. The van der Waals surface area contributed by atoms with Crippen LogP contribution in [0.5, 0.6) is 0 Å². The van der Waals surface area contributed by atoms with Crippen molar-refractivity contribution >= 4 is 0 Å². The maximum Gasteiger partial charge on any atom is 0.179 e. The maximum absolute atomic E-state index is 11.8. The first kappa shape index (κ1) is 20.9. The Hall–Kier alpha value is -0.480. The smallest absolute Gasteiger partial charge is 0.179 e. The van der Waals surface area contributed by atoms with Gasteiger partial charge in [0, 0.05) is 6.04 Å². The number of hydrogen-bond donors (Lipinski definition) is 5. The van der Waals surface area contributed by atoms with E-state index in [4.69, 9.17) is 33.2 Å². The number of fused-ring (bicyclic) bond motifs is 5. The number of hydrogen-bond acceptors (Lipinski definition) is 12. The number of rotatable bonds is 1. The summed E-state index contributed by atoms with van der Waals surface area (Å²) in [6.07, 6.45) is -7.54. The molecule has 7 aliphatic heterocycles. The summed E-state index contributed by atoms with van der Waals surface area (Å²) in [5, 5.41) is 46.3. The van der Waals surface area contributed by atoms with Gasteiger partial charge in [-0.3, -0.25) is 5.32 Å². The molecule has 0 saturated carbocycles. The Bertz CT molecular complexity index is 804. The van der Waals surface area contributed by atoms with Gasteiger partial charge in [-0.2, -0.15) is 0 Å². The Morgan fingerprint density at radius 1 is 0.750 bits per heavy atom. The van der Waals surface area contributed by atoms with Gasteiger partial charge < -0.3 is 53.6 Å². The molecule has 32 heavy (non-hydrogen) atoms. The van der Waals surface area contributed by atoms with Crippen LogP contribution in [0.2, 0.25) is 0 Å². The highest BCUT2D eigenvalue weighted by molar-refractivity contribution is 5.26. The van der Waals surface area contributed by atoms with Crippen LogP contribution in [0.25, 0.3) is 0 Å². The first-order valence-corrected chi connectivity index (χ1v) is 11.3. The van der Waals surface area contributed by atoms with Crippen LogP contribution in [-0.4, -0.2) is 137 Å². The predicted molar refractivity (Wildman–Crippen MR) is 99.5 cm³/mol. The largest absolute Gasteiger partial charge is 0.388 e. The summed E-state index contributed by atoms with van der Waals surface area (Å²) in [4.78, 5) is 0. The zero-order valence-corrected chi connectivity index (χ0v) is 17.5. The fourth-order valence-corrected chi connectivity index (χ4v) is 6.92. The normalized spacial score (nSPS) is 65.3. The molecule has 12 heteroatoms. The highest BCUT2D eigenvalue weighted by atomic mass is 16.7. The van der Waals surface area contributed by atoms with Gasteiger partial charge in [0.15, 0.2) is 5.72 Å². The van der Waals surface area contributed by atoms with Crippen LogP contribution in [0, 0.1) is 0 Å². The van der Waals surface area contributed by atoms with Gasteiger partial charge in [0.25, 0.3) is 0 Å². The van der Waals surface area contributed by atoms with Crippen LogP contribution in [0.15, 0.2) is 0 Å². The van der Waals surface area contributed by atoms with Crippen molar-refractivity contribution in [3.8, 4) is 0 Å². The van der Waals surface area contributed by atoms with Gasteiger partial charge in [-0.15, -0.1) is 0 Å². The average molecular weight is 459 g/mol. The lowest BCUT2D eigenvalue weighted by molar-refractivity contribution is -0.245. The van der Waals surface area contributed by atoms with E-state index in [2.05, 4.69) is 5.32 Å². The highest BCUT2D eigenvalue weighted by Gasteiger charge is 2.78. The number of nitrogens with one attached hydrogen (secondary N) is 1. The topological polar surface area (TPSA) is 158 Å². The molecule has 12 nitrogen and oxygen atoms in total. The van der Waals surface area contributed by atoms with E-state index in [1.165, 1.54) is 0 Å². The summed E-state index contributed by atoms with van der Waals surface area (Å²) in [6.45, 7) is 2.24. The quantitative estimate of drug-likeness (QED) is 0.259. The molecule has 0 amide bonds. The molecule has 0 aliphatic carbocycles. The molecule has 0 unspecified atom stereocenters. The molecule has 0 aromatic carbocycles. The van der Waals surface area contributed by atoms with Crippen LogP contribution < -0.4 is 5.32 Å². The highest BCUT2D eigenvalue weighted by Crippen LogP contribution is 2.55. The van der Waals surface area contributed by atoms with Crippen molar-refractivity contribution in [1.29, 1.82) is 0 Å². The lowest BCUT2D eigenvalue weighted by atomic mass is 9.83. The molecular weight excluding hydrogens is 430 g/mol. The molecular formula is C20H29NO11. The fourth-order valence-electron chi connectivity index (χ4n) is 6.92. The van der Waals surface area contributed by atoms with Gasteiger partial charge in [0.05, 0.1) is 33.0 Å². The molecule has 5 N–H and O–H groups in total. The number of ether oxygens (including phenoxy) is 7. The monoisotopic (exact) mass is 459 g/mol. The van der Waals surface area contributed by atoms with E-state index in [1.807, 2.05) is 6.92 Å². The van der Waals surface area contributed by atoms with E-state index in [9.17, 15) is 20.4 Å². The average Bonchev–Trinajstić information content (AvgIpc) is 3.57. The van der Waals surface area contributed by atoms with Crippen molar-refractivity contribution in [3.05, 3.63) is 0 Å². The second-order valence-electron chi connectivity index (χ2n) is 10.2. The summed E-state index contributed by atoms with van der Waals surface area (Å²) in [5.74, 6) is 0. The Morgan fingerprint density at radius 3 is 2.09 bits per heavy atom. The second-order valence-corrected chi connectivity index (χ2v) is 10.2. The number of aliphatic hydroxyl groups excluding tert-OH is 3. The van der Waals surface area contributed by atoms with Crippen LogP contribution in [0.4, 0.5) is 0 Å². The Labute approximate surface area is 183 Å². The molecule has 7 rings (SSSR count). The van der Waals surface area contributed by atoms with E-state index in [0.29, 0.717) is 0 Å². The predicted octanol–water partition coefficient (Wildman–Crippen LogP) is -3.99. The minimum Gasteiger partial charge on any atom is -0.388 e. The SMILES string of the molecule is C[C@H]1N[C@]2(O[C@@]13CO[C@@H]1[C@H](O)CO[C@@H]13)[C@@H]([C@@]1(O)CO[C@@H]3[C@H](O)CO[C@@H]31)O[C@@H]1[C@H](O)CO[C@@H]12. The fraction of sp³-hybridized carbons (Fsp3) is 1.00. The third-order valence-electron chi connectivity index (χ3n) is 8.45. The van der Waals surface area contributed by atoms with Crippen LogP contribution >= 0.6 is 0 Å². The van der Waals surface area contributed by atoms with Crippen molar-refractivity contribution in [2.75, 3.05) is 33.0 Å². The maximum atomic E-state index is 11.8. The molecule has 0 aromatic rings. The molecule has 180 valence electrons. The Balaban J connectivity index is 1.29. The third kappa shape index (κ3) is 2.33. The molecule has 2 spiro atoms. The van der Waals surface area contributed by atoms with Crippen molar-refractivity contribution in [2.24, 2.45) is 0 Å². The van der Waals surface area contributed by atoms with Crippen molar-refractivity contribution in [1.82, 2.24) is 5.32 Å². The van der Waals surface area contributed by atoms with E-state index in [1.54, 1.807) is 0 Å². The van der Waals surface area contributed by atoms with Gasteiger partial charge in [0.1, 0.15) is 72.2 Å². The zero-order valence-electron chi connectivity index (χ0n) is 17.5. The third-order valence-corrected chi connectivity index (χ3v) is 8.45. The summed E-state index contributed by atoms with van der Waals surface area (Å²) in [5.41, 5.74) is -3.98. The molecule has 7 heterocycles. The molecule has 0 bridgehead atoms. The zero-order chi connectivity index (χ0) is 22.0. The van der Waals surface area contributed by atoms with Crippen molar-refractivity contribution < 1.29 is 53.6 Å².